The number of benzene rings is 1. The predicted molar refractivity (Wildman–Crippen MR) is 109 cm³/mol. The molecule has 156 valence electrons. The summed E-state index contributed by atoms with van der Waals surface area (Å²) in [6.07, 6.45) is 6.69. The van der Waals surface area contributed by atoms with E-state index in [1.807, 2.05) is 0 Å². The Morgan fingerprint density at radius 3 is 2.79 bits per heavy atom. The van der Waals surface area contributed by atoms with Gasteiger partial charge in [0, 0.05) is 18.4 Å². The van der Waals surface area contributed by atoms with Gasteiger partial charge in [-0.3, -0.25) is 10.0 Å². The van der Waals surface area contributed by atoms with Crippen molar-refractivity contribution in [2.75, 3.05) is 26.2 Å². The molecule has 1 aliphatic heterocycles. The Balaban J connectivity index is 1.09. The van der Waals surface area contributed by atoms with Gasteiger partial charge in [-0.25, -0.2) is 10.5 Å². The Bertz CT molecular complexity index is 786. The van der Waals surface area contributed by atoms with Gasteiger partial charge < -0.3 is 14.6 Å². The zero-order chi connectivity index (χ0) is 20.1. The van der Waals surface area contributed by atoms with E-state index in [0.717, 1.165) is 38.5 Å². The van der Waals surface area contributed by atoms with Gasteiger partial charge >= 0.3 is 0 Å². The van der Waals surface area contributed by atoms with Gasteiger partial charge in [0.1, 0.15) is 6.26 Å². The average Bonchev–Trinajstić information content (AvgIpc) is 3.40. The molecule has 1 saturated heterocycles. The molecule has 2 atom stereocenters. The Morgan fingerprint density at radius 2 is 2.03 bits per heavy atom. The van der Waals surface area contributed by atoms with Crippen LogP contribution < -0.4 is 10.8 Å². The van der Waals surface area contributed by atoms with Gasteiger partial charge in [0.05, 0.1) is 0 Å². The van der Waals surface area contributed by atoms with E-state index >= 15 is 0 Å². The number of hydrogen-bond donors (Lipinski definition) is 3. The van der Waals surface area contributed by atoms with E-state index < -0.39 is 5.91 Å². The van der Waals surface area contributed by atoms with Crippen LogP contribution in [0.3, 0.4) is 0 Å². The summed E-state index contributed by atoms with van der Waals surface area (Å²) in [5.41, 5.74) is 3.14. The first-order chi connectivity index (χ1) is 14.2. The molecule has 1 aliphatic carbocycles. The van der Waals surface area contributed by atoms with Crippen molar-refractivity contribution in [3.63, 3.8) is 0 Å². The van der Waals surface area contributed by atoms with Gasteiger partial charge in [-0.1, -0.05) is 30.3 Å². The molecule has 29 heavy (non-hydrogen) atoms. The molecule has 3 N–H and O–H groups in total. The van der Waals surface area contributed by atoms with Gasteiger partial charge in [0.25, 0.3) is 5.91 Å². The second-order valence-electron chi connectivity index (χ2n) is 8.22. The van der Waals surface area contributed by atoms with Gasteiger partial charge in [-0.15, -0.1) is 0 Å². The fourth-order valence-corrected chi connectivity index (χ4v) is 4.26. The molecule has 1 aromatic heterocycles. The van der Waals surface area contributed by atoms with Crippen LogP contribution in [0.4, 0.5) is 0 Å². The van der Waals surface area contributed by atoms with Gasteiger partial charge in [-0.05, 0) is 63.3 Å². The number of hydrogen-bond acceptors (Lipinski definition) is 6. The second kappa shape index (κ2) is 9.52. The Kier molecular flexibility index (Phi) is 6.59. The van der Waals surface area contributed by atoms with Crippen LogP contribution in [0.15, 0.2) is 41.0 Å². The molecule has 0 bridgehead atoms. The zero-order valence-corrected chi connectivity index (χ0v) is 16.7. The van der Waals surface area contributed by atoms with Crippen molar-refractivity contribution < 1.29 is 14.4 Å². The number of aryl methyl sites for hydroxylation is 1. The standard InChI is InChI=1S/C22H30N4O3/c27-22(25-28)20-15-29-21(24-20)7-4-10-26-11-8-16(9-12-26)14-23-19-13-18(19)17-5-2-1-3-6-17/h1-3,5-6,15-16,18-19,23,28H,4,7-14H2,(H,25,27). The summed E-state index contributed by atoms with van der Waals surface area (Å²) >= 11 is 0. The van der Waals surface area contributed by atoms with Crippen LogP contribution in [0, 0.1) is 5.92 Å². The molecule has 0 radical (unpaired) electrons. The van der Waals surface area contributed by atoms with Gasteiger partial charge in [0.2, 0.25) is 0 Å². The molecule has 7 heteroatoms. The highest BCUT2D eigenvalue weighted by molar-refractivity contribution is 5.90. The Morgan fingerprint density at radius 1 is 1.24 bits per heavy atom. The highest BCUT2D eigenvalue weighted by atomic mass is 16.5. The molecule has 4 rings (SSSR count). The van der Waals surface area contributed by atoms with Crippen molar-refractivity contribution in [3.8, 4) is 0 Å². The minimum absolute atomic E-state index is 0.112. The Labute approximate surface area is 171 Å². The Hall–Kier alpha value is -2.22. The molecule has 1 saturated carbocycles. The van der Waals surface area contributed by atoms with Crippen LogP contribution in [0.2, 0.25) is 0 Å². The fourth-order valence-electron chi connectivity index (χ4n) is 4.26. The summed E-state index contributed by atoms with van der Waals surface area (Å²) in [4.78, 5) is 17.9. The fraction of sp³-hybridized carbons (Fsp3) is 0.545. The number of likely N-dealkylation sites (tertiary alicyclic amines) is 1. The number of amides is 1. The third-order valence-electron chi connectivity index (χ3n) is 6.14. The zero-order valence-electron chi connectivity index (χ0n) is 16.7. The van der Waals surface area contributed by atoms with Crippen molar-refractivity contribution >= 4 is 5.91 Å². The van der Waals surface area contributed by atoms with Crippen LogP contribution in [0.5, 0.6) is 0 Å². The number of nitrogens with zero attached hydrogens (tertiary/aromatic N) is 2. The quantitative estimate of drug-likeness (QED) is 0.444. The number of carbonyl (C=O) groups is 1. The lowest BCUT2D eigenvalue weighted by Gasteiger charge is -2.32. The average molecular weight is 399 g/mol. The summed E-state index contributed by atoms with van der Waals surface area (Å²) in [6, 6.07) is 11.5. The molecule has 1 aromatic carbocycles. The molecule has 2 aliphatic rings. The van der Waals surface area contributed by atoms with E-state index in [4.69, 9.17) is 9.62 Å². The maximum Gasteiger partial charge on any atom is 0.296 e. The third kappa shape index (κ3) is 5.44. The minimum Gasteiger partial charge on any atom is -0.448 e. The highest BCUT2D eigenvalue weighted by Gasteiger charge is 2.38. The molecule has 1 amide bonds. The summed E-state index contributed by atoms with van der Waals surface area (Å²) in [7, 11) is 0. The number of aromatic nitrogens is 1. The van der Waals surface area contributed by atoms with Gasteiger partial charge in [-0.2, -0.15) is 0 Å². The molecule has 0 spiro atoms. The van der Waals surface area contributed by atoms with Crippen molar-refractivity contribution in [2.45, 2.75) is 44.1 Å². The van der Waals surface area contributed by atoms with E-state index in [1.165, 1.54) is 31.1 Å². The normalized spacial score (nSPS) is 22.5. The number of hydroxylamine groups is 1. The van der Waals surface area contributed by atoms with Crippen molar-refractivity contribution in [1.29, 1.82) is 0 Å². The summed E-state index contributed by atoms with van der Waals surface area (Å²) in [5, 5.41) is 12.4. The molecule has 2 aromatic rings. The molecular formula is C22H30N4O3. The first-order valence-corrected chi connectivity index (χ1v) is 10.6. The highest BCUT2D eigenvalue weighted by Crippen LogP contribution is 2.40. The van der Waals surface area contributed by atoms with E-state index in [9.17, 15) is 4.79 Å². The summed E-state index contributed by atoms with van der Waals surface area (Å²) < 4.78 is 5.29. The van der Waals surface area contributed by atoms with Crippen LogP contribution in [-0.2, 0) is 6.42 Å². The van der Waals surface area contributed by atoms with Crippen LogP contribution in [0.25, 0.3) is 0 Å². The molecular weight excluding hydrogens is 368 g/mol. The van der Waals surface area contributed by atoms with E-state index in [1.54, 1.807) is 5.48 Å². The SMILES string of the molecule is O=C(NO)c1coc(CCCN2CCC(CNC3CC3c3ccccc3)CC2)n1. The van der Waals surface area contributed by atoms with Crippen molar-refractivity contribution in [2.24, 2.45) is 5.92 Å². The minimum atomic E-state index is -0.642. The van der Waals surface area contributed by atoms with Crippen LogP contribution in [-0.4, -0.2) is 53.2 Å². The monoisotopic (exact) mass is 398 g/mol. The van der Waals surface area contributed by atoms with E-state index in [0.29, 0.717) is 24.3 Å². The molecule has 7 nitrogen and oxygen atoms in total. The molecule has 2 fully saturated rings. The number of piperidine rings is 1. The van der Waals surface area contributed by atoms with Crippen LogP contribution in [0.1, 0.15) is 53.5 Å². The smallest absolute Gasteiger partial charge is 0.296 e. The van der Waals surface area contributed by atoms with Gasteiger partial charge in [0.15, 0.2) is 11.6 Å². The predicted octanol–water partition coefficient (Wildman–Crippen LogP) is 2.58. The second-order valence-corrected chi connectivity index (χ2v) is 8.22. The maximum absolute atomic E-state index is 11.3. The van der Waals surface area contributed by atoms with Crippen LogP contribution >= 0.6 is 0 Å². The maximum atomic E-state index is 11.3. The van der Waals surface area contributed by atoms with E-state index in [-0.39, 0.29) is 5.69 Å². The van der Waals surface area contributed by atoms with E-state index in [2.05, 4.69) is 45.5 Å². The third-order valence-corrected chi connectivity index (χ3v) is 6.14. The lowest BCUT2D eigenvalue weighted by Crippen LogP contribution is -2.38. The first-order valence-electron chi connectivity index (χ1n) is 10.6. The molecule has 2 unspecified atom stereocenters. The molecule has 2 heterocycles. The largest absolute Gasteiger partial charge is 0.448 e. The number of oxazole rings is 1. The lowest BCUT2D eigenvalue weighted by molar-refractivity contribution is 0.0700. The number of nitrogens with one attached hydrogen (secondary N) is 2. The lowest BCUT2D eigenvalue weighted by atomic mass is 9.96. The summed E-state index contributed by atoms with van der Waals surface area (Å²) in [5.74, 6) is 1.38. The van der Waals surface area contributed by atoms with Crippen molar-refractivity contribution in [1.82, 2.24) is 20.7 Å². The van der Waals surface area contributed by atoms with Crippen molar-refractivity contribution in [3.05, 3.63) is 53.7 Å². The first kappa shape index (κ1) is 20.1. The number of rotatable bonds is 9. The number of carbonyl (C=O) groups excluding carboxylic acids is 1. The topological polar surface area (TPSA) is 90.6 Å². The summed E-state index contributed by atoms with van der Waals surface area (Å²) in [6.45, 7) is 4.43.